The Morgan fingerprint density at radius 2 is 2.20 bits per heavy atom. The number of ether oxygens (including phenoxy) is 1. The minimum Gasteiger partial charge on any atom is -0.493 e. The lowest BCUT2D eigenvalue weighted by molar-refractivity contribution is 0.102. The Morgan fingerprint density at radius 1 is 1.30 bits per heavy atom. The van der Waals surface area contributed by atoms with Crippen molar-refractivity contribution in [1.29, 1.82) is 0 Å². The summed E-state index contributed by atoms with van der Waals surface area (Å²) in [6.07, 6.45) is 3.47. The van der Waals surface area contributed by atoms with Gasteiger partial charge in [-0.25, -0.2) is 4.98 Å². The topological polar surface area (TPSA) is 77.2 Å². The molecule has 3 N–H and O–H groups in total. The van der Waals surface area contributed by atoms with Crippen LogP contribution in [-0.4, -0.2) is 17.5 Å². The number of carbonyl (C=O) groups is 1. The van der Waals surface area contributed by atoms with E-state index in [9.17, 15) is 4.79 Å². The van der Waals surface area contributed by atoms with E-state index in [1.54, 1.807) is 18.2 Å². The first kappa shape index (κ1) is 12.5. The third kappa shape index (κ3) is 2.56. The third-order valence-electron chi connectivity index (χ3n) is 3.21. The zero-order valence-electron chi connectivity index (χ0n) is 10.9. The second-order valence-electron chi connectivity index (χ2n) is 4.70. The number of nitrogens with two attached hydrogens (primary N) is 1. The number of pyridine rings is 1. The van der Waals surface area contributed by atoms with E-state index in [1.807, 2.05) is 12.1 Å². The molecule has 3 rings (SSSR count). The molecule has 0 spiro atoms. The number of hydrogen-bond acceptors (Lipinski definition) is 4. The maximum Gasteiger partial charge on any atom is 0.255 e. The quantitative estimate of drug-likeness (QED) is 0.876. The van der Waals surface area contributed by atoms with Crippen LogP contribution in [0.4, 0.5) is 11.5 Å². The van der Waals surface area contributed by atoms with Crippen molar-refractivity contribution in [2.75, 3.05) is 17.7 Å². The molecule has 2 heterocycles. The standard InChI is InChI=1S/C15H15N3O2/c16-14-6-4-12(9-17-14)18-15(19)11-3-5-13-10(8-11)2-1-7-20-13/h3-6,8-9H,1-2,7H2,(H2,16,17)(H,18,19). The Kier molecular flexibility index (Phi) is 3.25. The number of amides is 1. The van der Waals surface area contributed by atoms with Gasteiger partial charge in [0, 0.05) is 5.56 Å². The first-order valence-corrected chi connectivity index (χ1v) is 6.51. The van der Waals surface area contributed by atoms with Gasteiger partial charge in [0.2, 0.25) is 0 Å². The number of nitrogen functional groups attached to an aromatic ring is 1. The number of rotatable bonds is 2. The highest BCUT2D eigenvalue weighted by Crippen LogP contribution is 2.25. The Balaban J connectivity index is 1.78. The Hall–Kier alpha value is -2.56. The second kappa shape index (κ2) is 5.21. The van der Waals surface area contributed by atoms with Crippen molar-refractivity contribution in [2.24, 2.45) is 0 Å². The van der Waals surface area contributed by atoms with Crippen LogP contribution in [0.1, 0.15) is 22.3 Å². The Bertz CT molecular complexity index is 638. The smallest absolute Gasteiger partial charge is 0.255 e. The average Bonchev–Trinajstić information content (AvgIpc) is 2.49. The van der Waals surface area contributed by atoms with Crippen LogP contribution in [0.3, 0.4) is 0 Å². The lowest BCUT2D eigenvalue weighted by atomic mass is 10.0. The molecule has 0 unspecified atom stereocenters. The summed E-state index contributed by atoms with van der Waals surface area (Å²) in [5, 5.41) is 2.79. The van der Waals surface area contributed by atoms with Crippen LogP contribution in [0.2, 0.25) is 0 Å². The molecule has 0 atom stereocenters. The van der Waals surface area contributed by atoms with Crippen molar-refractivity contribution in [3.8, 4) is 5.75 Å². The fourth-order valence-corrected chi connectivity index (χ4v) is 2.18. The monoisotopic (exact) mass is 269 g/mol. The summed E-state index contributed by atoms with van der Waals surface area (Å²) in [4.78, 5) is 16.1. The molecule has 1 aliphatic heterocycles. The number of aryl methyl sites for hydroxylation is 1. The zero-order valence-corrected chi connectivity index (χ0v) is 10.9. The lowest BCUT2D eigenvalue weighted by Gasteiger charge is -2.17. The zero-order chi connectivity index (χ0) is 13.9. The Morgan fingerprint density at radius 3 is 3.00 bits per heavy atom. The maximum absolute atomic E-state index is 12.2. The van der Waals surface area contributed by atoms with Crippen LogP contribution in [0.15, 0.2) is 36.5 Å². The summed E-state index contributed by atoms with van der Waals surface area (Å²) in [5.41, 5.74) is 7.83. The van der Waals surface area contributed by atoms with Gasteiger partial charge in [0.05, 0.1) is 18.5 Å². The molecule has 0 fully saturated rings. The number of hydrogen-bond donors (Lipinski definition) is 2. The second-order valence-corrected chi connectivity index (χ2v) is 4.70. The number of aromatic nitrogens is 1. The number of fused-ring (bicyclic) bond motifs is 1. The maximum atomic E-state index is 12.2. The highest BCUT2D eigenvalue weighted by Gasteiger charge is 2.13. The molecule has 0 radical (unpaired) electrons. The first-order valence-electron chi connectivity index (χ1n) is 6.51. The molecule has 0 saturated heterocycles. The molecular weight excluding hydrogens is 254 g/mol. The summed E-state index contributed by atoms with van der Waals surface area (Å²) in [7, 11) is 0. The highest BCUT2D eigenvalue weighted by molar-refractivity contribution is 6.04. The van der Waals surface area contributed by atoms with E-state index in [-0.39, 0.29) is 5.91 Å². The third-order valence-corrected chi connectivity index (χ3v) is 3.21. The molecule has 5 heteroatoms. The summed E-state index contributed by atoms with van der Waals surface area (Å²) in [6, 6.07) is 8.88. The van der Waals surface area contributed by atoms with E-state index < -0.39 is 0 Å². The molecule has 5 nitrogen and oxygen atoms in total. The van der Waals surface area contributed by atoms with Crippen molar-refractivity contribution in [3.05, 3.63) is 47.7 Å². The van der Waals surface area contributed by atoms with E-state index in [2.05, 4.69) is 10.3 Å². The molecule has 20 heavy (non-hydrogen) atoms. The minimum absolute atomic E-state index is 0.162. The fraction of sp³-hybridized carbons (Fsp3) is 0.200. The van der Waals surface area contributed by atoms with E-state index in [0.717, 1.165) is 30.8 Å². The number of carbonyl (C=O) groups excluding carboxylic acids is 1. The molecule has 1 aliphatic rings. The van der Waals surface area contributed by atoms with Crippen molar-refractivity contribution in [3.63, 3.8) is 0 Å². The van der Waals surface area contributed by atoms with E-state index in [0.29, 0.717) is 17.1 Å². The minimum atomic E-state index is -0.162. The van der Waals surface area contributed by atoms with Crippen molar-refractivity contribution >= 4 is 17.4 Å². The summed E-state index contributed by atoms with van der Waals surface area (Å²) < 4.78 is 5.53. The predicted molar refractivity (Wildman–Crippen MR) is 76.9 cm³/mol. The highest BCUT2D eigenvalue weighted by atomic mass is 16.5. The van der Waals surface area contributed by atoms with Gasteiger partial charge in [0.25, 0.3) is 5.91 Å². The predicted octanol–water partition coefficient (Wildman–Crippen LogP) is 2.24. The van der Waals surface area contributed by atoms with Gasteiger partial charge in [-0.05, 0) is 48.7 Å². The van der Waals surface area contributed by atoms with Gasteiger partial charge in [0.15, 0.2) is 0 Å². The van der Waals surface area contributed by atoms with E-state index >= 15 is 0 Å². The molecule has 0 aliphatic carbocycles. The van der Waals surface area contributed by atoms with Crippen LogP contribution >= 0.6 is 0 Å². The van der Waals surface area contributed by atoms with Crippen LogP contribution in [0, 0.1) is 0 Å². The normalized spacial score (nSPS) is 13.2. The number of nitrogens with zero attached hydrogens (tertiary/aromatic N) is 1. The van der Waals surface area contributed by atoms with Gasteiger partial charge < -0.3 is 15.8 Å². The molecule has 2 aromatic rings. The van der Waals surface area contributed by atoms with Gasteiger partial charge in [-0.3, -0.25) is 4.79 Å². The van der Waals surface area contributed by atoms with Crippen molar-refractivity contribution < 1.29 is 9.53 Å². The van der Waals surface area contributed by atoms with Crippen LogP contribution in [-0.2, 0) is 6.42 Å². The van der Waals surface area contributed by atoms with Crippen molar-refractivity contribution in [1.82, 2.24) is 4.98 Å². The molecule has 0 saturated carbocycles. The molecule has 0 bridgehead atoms. The fourth-order valence-electron chi connectivity index (χ4n) is 2.18. The van der Waals surface area contributed by atoms with Crippen LogP contribution < -0.4 is 15.8 Å². The van der Waals surface area contributed by atoms with Crippen LogP contribution in [0.5, 0.6) is 5.75 Å². The van der Waals surface area contributed by atoms with Gasteiger partial charge >= 0.3 is 0 Å². The number of anilines is 2. The SMILES string of the molecule is Nc1ccc(NC(=O)c2ccc3c(c2)CCCO3)cn1. The number of benzene rings is 1. The van der Waals surface area contributed by atoms with Crippen molar-refractivity contribution in [2.45, 2.75) is 12.8 Å². The molecule has 1 aromatic carbocycles. The van der Waals surface area contributed by atoms with Gasteiger partial charge in [-0.2, -0.15) is 0 Å². The Labute approximate surface area is 116 Å². The number of nitrogens with one attached hydrogen (secondary N) is 1. The van der Waals surface area contributed by atoms with E-state index in [1.165, 1.54) is 6.20 Å². The average molecular weight is 269 g/mol. The van der Waals surface area contributed by atoms with E-state index in [4.69, 9.17) is 10.5 Å². The summed E-state index contributed by atoms with van der Waals surface area (Å²) in [6.45, 7) is 0.746. The molecule has 1 aromatic heterocycles. The summed E-state index contributed by atoms with van der Waals surface area (Å²) >= 11 is 0. The van der Waals surface area contributed by atoms with Gasteiger partial charge in [0.1, 0.15) is 11.6 Å². The lowest BCUT2D eigenvalue weighted by Crippen LogP contribution is -2.14. The molecular formula is C15H15N3O2. The van der Waals surface area contributed by atoms with Crippen LogP contribution in [0.25, 0.3) is 0 Å². The van der Waals surface area contributed by atoms with Gasteiger partial charge in [-0.15, -0.1) is 0 Å². The van der Waals surface area contributed by atoms with Gasteiger partial charge in [-0.1, -0.05) is 0 Å². The largest absolute Gasteiger partial charge is 0.493 e. The molecule has 102 valence electrons. The molecule has 1 amide bonds. The summed E-state index contributed by atoms with van der Waals surface area (Å²) in [5.74, 6) is 1.14. The first-order chi connectivity index (χ1) is 9.72.